The van der Waals surface area contributed by atoms with Gasteiger partial charge in [0, 0.05) is 13.5 Å². The molecule has 0 fully saturated rings. The first-order chi connectivity index (χ1) is 7.16. The number of hydrogen-bond donors (Lipinski definition) is 1. The fourth-order valence-electron chi connectivity index (χ4n) is 1.68. The molecule has 0 bridgehead atoms. The van der Waals surface area contributed by atoms with E-state index in [2.05, 4.69) is 10.5 Å². The molecule has 1 N–H and O–H groups in total. The molecular weight excluding hydrogens is 208 g/mol. The van der Waals surface area contributed by atoms with E-state index in [-0.39, 0.29) is 0 Å². The molecule has 0 radical (unpaired) electrons. The Labute approximate surface area is 93.0 Å². The summed E-state index contributed by atoms with van der Waals surface area (Å²) in [5.74, 6) is 0. The smallest absolute Gasteiger partial charge is 0.0997 e. The Morgan fingerprint density at radius 1 is 1.60 bits per heavy atom. The minimum absolute atomic E-state index is 0.467. The lowest BCUT2D eigenvalue weighted by atomic mass is 10.1. The number of aliphatic hydroxyl groups is 1. The number of thiophene rings is 1. The third-order valence-electron chi connectivity index (χ3n) is 2.39. The third kappa shape index (κ3) is 2.27. The van der Waals surface area contributed by atoms with Crippen LogP contribution in [0, 0.1) is 6.92 Å². The van der Waals surface area contributed by atoms with Gasteiger partial charge in [0.15, 0.2) is 0 Å². The lowest BCUT2D eigenvalue weighted by molar-refractivity contribution is 0.168. The van der Waals surface area contributed by atoms with Crippen molar-refractivity contribution in [2.45, 2.75) is 19.4 Å². The van der Waals surface area contributed by atoms with Crippen LogP contribution in [0.25, 0.3) is 0 Å². The highest BCUT2D eigenvalue weighted by molar-refractivity contribution is 7.07. The van der Waals surface area contributed by atoms with Gasteiger partial charge in [-0.25, -0.2) is 0 Å². The number of hydrogen-bond acceptors (Lipinski definition) is 3. The highest BCUT2D eigenvalue weighted by Gasteiger charge is 2.13. The second-order valence-corrected chi connectivity index (χ2v) is 4.47. The lowest BCUT2D eigenvalue weighted by Gasteiger charge is -2.09. The summed E-state index contributed by atoms with van der Waals surface area (Å²) in [6.45, 7) is 1.93. The van der Waals surface area contributed by atoms with Gasteiger partial charge in [-0.15, -0.1) is 0 Å². The molecule has 80 valence electrons. The SMILES string of the molecule is Cc1cc(C(O)Cc2ccsc2)n(C)n1. The molecule has 0 amide bonds. The van der Waals surface area contributed by atoms with E-state index in [1.54, 1.807) is 16.0 Å². The van der Waals surface area contributed by atoms with Gasteiger partial charge in [-0.05, 0) is 35.4 Å². The predicted molar refractivity (Wildman–Crippen MR) is 60.9 cm³/mol. The van der Waals surface area contributed by atoms with E-state index in [9.17, 15) is 5.11 Å². The molecule has 0 saturated carbocycles. The average molecular weight is 222 g/mol. The molecule has 4 heteroatoms. The molecule has 0 spiro atoms. The van der Waals surface area contributed by atoms with Gasteiger partial charge in [-0.1, -0.05) is 0 Å². The summed E-state index contributed by atoms with van der Waals surface area (Å²) in [5.41, 5.74) is 2.99. The number of rotatable bonds is 3. The van der Waals surface area contributed by atoms with Crippen LogP contribution in [0.15, 0.2) is 22.9 Å². The van der Waals surface area contributed by atoms with E-state index in [0.29, 0.717) is 6.42 Å². The number of nitrogens with zero attached hydrogens (tertiary/aromatic N) is 2. The van der Waals surface area contributed by atoms with E-state index < -0.39 is 6.10 Å². The Bertz CT molecular complexity index is 433. The van der Waals surface area contributed by atoms with Gasteiger partial charge < -0.3 is 5.11 Å². The van der Waals surface area contributed by atoms with Crippen LogP contribution in [0.3, 0.4) is 0 Å². The molecule has 0 aromatic carbocycles. The molecule has 3 nitrogen and oxygen atoms in total. The molecule has 0 saturated heterocycles. The Balaban J connectivity index is 2.14. The fraction of sp³-hybridized carbons (Fsp3) is 0.364. The largest absolute Gasteiger partial charge is 0.386 e. The van der Waals surface area contributed by atoms with E-state index in [4.69, 9.17) is 0 Å². The second-order valence-electron chi connectivity index (χ2n) is 3.69. The molecular formula is C11H14N2OS. The average Bonchev–Trinajstić information content (AvgIpc) is 2.75. The lowest BCUT2D eigenvalue weighted by Crippen LogP contribution is -2.07. The van der Waals surface area contributed by atoms with Crippen LogP contribution in [0.4, 0.5) is 0 Å². The summed E-state index contributed by atoms with van der Waals surface area (Å²) >= 11 is 1.65. The van der Waals surface area contributed by atoms with Gasteiger partial charge in [0.1, 0.15) is 0 Å². The van der Waals surface area contributed by atoms with Crippen molar-refractivity contribution in [3.05, 3.63) is 39.8 Å². The van der Waals surface area contributed by atoms with Crippen LogP contribution >= 0.6 is 11.3 Å². The van der Waals surface area contributed by atoms with Crippen LogP contribution in [-0.2, 0) is 13.5 Å². The van der Waals surface area contributed by atoms with Gasteiger partial charge in [-0.3, -0.25) is 4.68 Å². The zero-order valence-electron chi connectivity index (χ0n) is 8.84. The maximum absolute atomic E-state index is 10.0. The second kappa shape index (κ2) is 4.16. The maximum atomic E-state index is 10.0. The van der Waals surface area contributed by atoms with Crippen LogP contribution in [0.1, 0.15) is 23.1 Å². The summed E-state index contributed by atoms with van der Waals surface area (Å²) in [4.78, 5) is 0. The summed E-state index contributed by atoms with van der Waals surface area (Å²) < 4.78 is 1.74. The Hall–Kier alpha value is -1.13. The van der Waals surface area contributed by atoms with E-state index in [1.807, 2.05) is 31.5 Å². The van der Waals surface area contributed by atoms with Gasteiger partial charge in [0.2, 0.25) is 0 Å². The summed E-state index contributed by atoms with van der Waals surface area (Å²) in [6, 6.07) is 3.97. The zero-order chi connectivity index (χ0) is 10.8. The van der Waals surface area contributed by atoms with Crippen molar-refractivity contribution in [2.75, 3.05) is 0 Å². The number of aliphatic hydroxyl groups excluding tert-OH is 1. The molecule has 2 aromatic rings. The van der Waals surface area contributed by atoms with Crippen molar-refractivity contribution in [1.29, 1.82) is 0 Å². The van der Waals surface area contributed by atoms with Gasteiger partial charge in [-0.2, -0.15) is 16.4 Å². The first kappa shape index (κ1) is 10.4. The normalized spacial score (nSPS) is 13.0. The topological polar surface area (TPSA) is 38.0 Å². The Morgan fingerprint density at radius 3 is 2.93 bits per heavy atom. The standard InChI is InChI=1S/C11H14N2OS/c1-8-5-10(13(2)12-8)11(14)6-9-3-4-15-7-9/h3-5,7,11,14H,6H2,1-2H3. The molecule has 1 atom stereocenters. The first-order valence-corrected chi connectivity index (χ1v) is 5.81. The molecule has 0 aliphatic rings. The predicted octanol–water partition coefficient (Wildman–Crippen LogP) is 2.07. The van der Waals surface area contributed by atoms with Crippen molar-refractivity contribution in [1.82, 2.24) is 9.78 Å². The highest BCUT2D eigenvalue weighted by atomic mass is 32.1. The Kier molecular flexibility index (Phi) is 2.88. The van der Waals surface area contributed by atoms with E-state index in [1.165, 1.54) is 5.56 Å². The zero-order valence-corrected chi connectivity index (χ0v) is 9.66. The molecule has 2 heterocycles. The molecule has 2 rings (SSSR count). The van der Waals surface area contributed by atoms with Crippen LogP contribution in [0.5, 0.6) is 0 Å². The highest BCUT2D eigenvalue weighted by Crippen LogP contribution is 2.19. The van der Waals surface area contributed by atoms with Gasteiger partial charge in [0.25, 0.3) is 0 Å². The van der Waals surface area contributed by atoms with Crippen LogP contribution in [0.2, 0.25) is 0 Å². The fourth-order valence-corrected chi connectivity index (χ4v) is 2.36. The minimum atomic E-state index is -0.467. The molecule has 15 heavy (non-hydrogen) atoms. The van der Waals surface area contributed by atoms with Gasteiger partial charge in [0.05, 0.1) is 17.5 Å². The summed E-state index contributed by atoms with van der Waals surface area (Å²) in [5, 5.41) is 18.3. The van der Waals surface area contributed by atoms with Crippen molar-refractivity contribution in [3.8, 4) is 0 Å². The minimum Gasteiger partial charge on any atom is -0.386 e. The summed E-state index contributed by atoms with van der Waals surface area (Å²) in [7, 11) is 1.86. The monoisotopic (exact) mass is 222 g/mol. The quantitative estimate of drug-likeness (QED) is 0.863. The molecule has 2 aromatic heterocycles. The van der Waals surface area contributed by atoms with E-state index in [0.717, 1.165) is 11.4 Å². The third-order valence-corrected chi connectivity index (χ3v) is 3.12. The first-order valence-electron chi connectivity index (χ1n) is 4.86. The number of aryl methyl sites for hydroxylation is 2. The van der Waals surface area contributed by atoms with Crippen molar-refractivity contribution in [3.63, 3.8) is 0 Å². The summed E-state index contributed by atoms with van der Waals surface area (Å²) in [6.07, 6.45) is 0.188. The van der Waals surface area contributed by atoms with Crippen LogP contribution < -0.4 is 0 Å². The maximum Gasteiger partial charge on any atom is 0.0997 e. The van der Waals surface area contributed by atoms with Crippen molar-refractivity contribution in [2.24, 2.45) is 7.05 Å². The van der Waals surface area contributed by atoms with Crippen molar-refractivity contribution >= 4 is 11.3 Å². The van der Waals surface area contributed by atoms with Gasteiger partial charge >= 0.3 is 0 Å². The molecule has 0 aliphatic carbocycles. The van der Waals surface area contributed by atoms with Crippen molar-refractivity contribution < 1.29 is 5.11 Å². The van der Waals surface area contributed by atoms with E-state index >= 15 is 0 Å². The molecule has 0 aliphatic heterocycles. The Morgan fingerprint density at radius 2 is 2.40 bits per heavy atom. The van der Waals surface area contributed by atoms with Crippen LogP contribution in [-0.4, -0.2) is 14.9 Å². The number of aromatic nitrogens is 2. The molecule has 1 unspecified atom stereocenters.